The zero-order chi connectivity index (χ0) is 16.2. The van der Waals surface area contributed by atoms with Gasteiger partial charge < -0.3 is 9.80 Å². The van der Waals surface area contributed by atoms with E-state index in [-0.39, 0.29) is 0 Å². The van der Waals surface area contributed by atoms with Crippen molar-refractivity contribution in [1.29, 1.82) is 0 Å². The Morgan fingerprint density at radius 3 is 1.88 bits per heavy atom. The van der Waals surface area contributed by atoms with Gasteiger partial charge in [-0.3, -0.25) is 0 Å². The van der Waals surface area contributed by atoms with Crippen molar-refractivity contribution < 1.29 is 0 Å². The summed E-state index contributed by atoms with van der Waals surface area (Å²) in [6.07, 6.45) is 10.4. The Morgan fingerprint density at radius 2 is 1.21 bits per heavy atom. The van der Waals surface area contributed by atoms with Gasteiger partial charge in [0.15, 0.2) is 0 Å². The van der Waals surface area contributed by atoms with Crippen LogP contribution in [0.15, 0.2) is 24.3 Å². The monoisotopic (exact) mass is 324 g/mol. The van der Waals surface area contributed by atoms with Gasteiger partial charge in [0.1, 0.15) is 5.82 Å². The summed E-state index contributed by atoms with van der Waals surface area (Å²) < 4.78 is 0. The average Bonchev–Trinajstić information content (AvgIpc) is 3.06. The zero-order valence-electron chi connectivity index (χ0n) is 14.6. The number of nitrogens with zero attached hydrogens (tertiary/aromatic N) is 4. The van der Waals surface area contributed by atoms with Gasteiger partial charge in [0, 0.05) is 31.6 Å². The molecule has 2 aromatic rings. The summed E-state index contributed by atoms with van der Waals surface area (Å²) in [5, 5.41) is 1.21. The second-order valence-electron chi connectivity index (χ2n) is 7.17. The van der Waals surface area contributed by atoms with E-state index in [2.05, 4.69) is 34.1 Å². The van der Waals surface area contributed by atoms with Crippen LogP contribution < -0.4 is 9.80 Å². The van der Waals surface area contributed by atoms with Crippen LogP contribution in [0.25, 0.3) is 10.9 Å². The van der Waals surface area contributed by atoms with Crippen LogP contribution in [0.3, 0.4) is 0 Å². The minimum absolute atomic E-state index is 0.940. The van der Waals surface area contributed by atoms with Gasteiger partial charge in [-0.05, 0) is 37.8 Å². The van der Waals surface area contributed by atoms with Crippen molar-refractivity contribution in [1.82, 2.24) is 9.97 Å². The van der Waals surface area contributed by atoms with Crippen LogP contribution in [0.1, 0.15) is 51.4 Å². The van der Waals surface area contributed by atoms with Crippen LogP contribution in [-0.4, -0.2) is 36.1 Å². The van der Waals surface area contributed by atoms with Crippen LogP contribution in [0.5, 0.6) is 0 Å². The van der Waals surface area contributed by atoms with Crippen molar-refractivity contribution in [3.05, 3.63) is 24.3 Å². The number of aromatic nitrogens is 2. The summed E-state index contributed by atoms with van der Waals surface area (Å²) in [5.41, 5.74) is 1.09. The Hall–Kier alpha value is -1.84. The predicted octanol–water partition coefficient (Wildman–Crippen LogP) is 4.39. The van der Waals surface area contributed by atoms with Gasteiger partial charge in [0.25, 0.3) is 0 Å². The van der Waals surface area contributed by atoms with Crippen LogP contribution >= 0.6 is 0 Å². The maximum absolute atomic E-state index is 5.07. The van der Waals surface area contributed by atoms with Gasteiger partial charge in [-0.15, -0.1) is 0 Å². The second kappa shape index (κ2) is 7.37. The highest BCUT2D eigenvalue weighted by atomic mass is 15.3. The van der Waals surface area contributed by atoms with Crippen molar-refractivity contribution >= 4 is 22.7 Å². The molecule has 24 heavy (non-hydrogen) atoms. The molecule has 2 aliphatic rings. The lowest BCUT2D eigenvalue weighted by atomic mass is 10.2. The highest BCUT2D eigenvalue weighted by Crippen LogP contribution is 2.29. The van der Waals surface area contributed by atoms with E-state index in [1.165, 1.54) is 56.8 Å². The summed E-state index contributed by atoms with van der Waals surface area (Å²) in [6, 6.07) is 8.52. The van der Waals surface area contributed by atoms with Gasteiger partial charge in [0.05, 0.1) is 5.52 Å². The highest BCUT2D eigenvalue weighted by Gasteiger charge is 2.19. The Balaban J connectivity index is 1.75. The maximum Gasteiger partial charge on any atom is 0.227 e. The van der Waals surface area contributed by atoms with Crippen molar-refractivity contribution in [2.75, 3.05) is 36.0 Å². The van der Waals surface area contributed by atoms with Gasteiger partial charge in [-0.2, -0.15) is 4.98 Å². The third-order valence-corrected chi connectivity index (χ3v) is 5.37. The molecular formula is C20H28N4. The number of para-hydroxylation sites is 1. The fourth-order valence-electron chi connectivity index (χ4n) is 3.98. The first-order valence-corrected chi connectivity index (χ1v) is 9.68. The van der Waals surface area contributed by atoms with Gasteiger partial charge in [0.2, 0.25) is 5.95 Å². The quantitative estimate of drug-likeness (QED) is 0.820. The minimum atomic E-state index is 0.940. The lowest BCUT2D eigenvalue weighted by Crippen LogP contribution is -2.29. The van der Waals surface area contributed by atoms with Crippen LogP contribution in [0, 0.1) is 0 Å². The molecule has 4 nitrogen and oxygen atoms in total. The Morgan fingerprint density at radius 1 is 0.625 bits per heavy atom. The molecule has 0 bridgehead atoms. The number of anilines is 2. The summed E-state index contributed by atoms with van der Waals surface area (Å²) in [7, 11) is 0. The topological polar surface area (TPSA) is 32.3 Å². The van der Waals surface area contributed by atoms with Crippen molar-refractivity contribution in [3.63, 3.8) is 0 Å². The first-order valence-electron chi connectivity index (χ1n) is 9.68. The molecule has 4 rings (SSSR count). The maximum atomic E-state index is 5.07. The first-order chi connectivity index (χ1) is 11.9. The molecule has 1 aromatic heterocycles. The van der Waals surface area contributed by atoms with E-state index >= 15 is 0 Å². The van der Waals surface area contributed by atoms with Crippen LogP contribution in [-0.2, 0) is 0 Å². The first kappa shape index (κ1) is 15.7. The molecule has 128 valence electrons. The summed E-state index contributed by atoms with van der Waals surface area (Å²) in [6.45, 7) is 4.44. The molecule has 0 aliphatic carbocycles. The summed E-state index contributed by atoms with van der Waals surface area (Å²) >= 11 is 0. The average molecular weight is 324 g/mol. The van der Waals surface area contributed by atoms with E-state index in [0.717, 1.165) is 43.5 Å². The van der Waals surface area contributed by atoms with Gasteiger partial charge >= 0.3 is 0 Å². The molecule has 2 saturated heterocycles. The molecule has 0 radical (unpaired) electrons. The van der Waals surface area contributed by atoms with E-state index in [4.69, 9.17) is 9.97 Å². The van der Waals surface area contributed by atoms with Gasteiger partial charge in [-0.25, -0.2) is 4.98 Å². The number of rotatable bonds is 2. The lowest BCUT2D eigenvalue weighted by molar-refractivity contribution is 0.726. The van der Waals surface area contributed by atoms with E-state index in [1.807, 2.05) is 0 Å². The van der Waals surface area contributed by atoms with E-state index in [1.54, 1.807) is 0 Å². The summed E-state index contributed by atoms with van der Waals surface area (Å²) in [5.74, 6) is 2.09. The number of hydrogen-bond donors (Lipinski definition) is 0. The zero-order valence-corrected chi connectivity index (χ0v) is 14.6. The molecule has 0 saturated carbocycles. The molecule has 2 aliphatic heterocycles. The molecule has 1 aromatic carbocycles. The third kappa shape index (κ3) is 3.33. The molecular weight excluding hydrogens is 296 g/mol. The van der Waals surface area contributed by atoms with Crippen molar-refractivity contribution in [3.8, 4) is 0 Å². The predicted molar refractivity (Wildman–Crippen MR) is 101 cm³/mol. The fourth-order valence-corrected chi connectivity index (χ4v) is 3.98. The van der Waals surface area contributed by atoms with Crippen LogP contribution in [0.4, 0.5) is 11.8 Å². The normalized spacial score (nSPS) is 20.0. The van der Waals surface area contributed by atoms with E-state index in [9.17, 15) is 0 Å². The molecule has 0 N–H and O–H groups in total. The van der Waals surface area contributed by atoms with E-state index in [0.29, 0.717) is 0 Å². The number of hydrogen-bond acceptors (Lipinski definition) is 4. The smallest absolute Gasteiger partial charge is 0.227 e. The third-order valence-electron chi connectivity index (χ3n) is 5.37. The Bertz CT molecular complexity index is 668. The number of fused-ring (bicyclic) bond motifs is 1. The molecule has 4 heteroatoms. The van der Waals surface area contributed by atoms with E-state index < -0.39 is 0 Å². The highest BCUT2D eigenvalue weighted by molar-refractivity contribution is 5.90. The van der Waals surface area contributed by atoms with Crippen molar-refractivity contribution in [2.24, 2.45) is 0 Å². The molecule has 0 amide bonds. The second-order valence-corrected chi connectivity index (χ2v) is 7.17. The fraction of sp³-hybridized carbons (Fsp3) is 0.600. The number of benzene rings is 1. The SMILES string of the molecule is c1ccc2c(N3CCCCCC3)nc(N3CCCCCC3)nc2c1. The molecule has 3 heterocycles. The minimum Gasteiger partial charge on any atom is -0.356 e. The molecule has 0 atom stereocenters. The lowest BCUT2D eigenvalue weighted by Gasteiger charge is -2.26. The van der Waals surface area contributed by atoms with Crippen molar-refractivity contribution in [2.45, 2.75) is 51.4 Å². The summed E-state index contributed by atoms with van der Waals surface area (Å²) in [4.78, 5) is 14.9. The van der Waals surface area contributed by atoms with Gasteiger partial charge in [-0.1, -0.05) is 37.8 Å². The molecule has 0 unspecified atom stereocenters. The molecule has 2 fully saturated rings. The largest absolute Gasteiger partial charge is 0.356 e. The standard InChI is InChI=1S/C20H28N4/c1-2-8-14-23(13-7-1)19-17-11-5-6-12-18(17)21-20(22-19)24-15-9-3-4-10-16-24/h5-6,11-12H,1-4,7-10,13-16H2. The van der Waals surface area contributed by atoms with Crippen LogP contribution in [0.2, 0.25) is 0 Å². The Labute approximate surface area is 144 Å². The Kier molecular flexibility index (Phi) is 4.81. The molecule has 0 spiro atoms.